The fraction of sp³-hybridized carbons (Fsp3) is 0.571. The Morgan fingerprint density at radius 2 is 2.28 bits per heavy atom. The molecule has 0 bridgehead atoms. The quantitative estimate of drug-likeness (QED) is 0.833. The van der Waals surface area contributed by atoms with Gasteiger partial charge in [0.1, 0.15) is 5.82 Å². The van der Waals surface area contributed by atoms with Gasteiger partial charge in [-0.25, -0.2) is 4.39 Å². The van der Waals surface area contributed by atoms with Gasteiger partial charge >= 0.3 is 0 Å². The molecule has 0 aromatic heterocycles. The molecule has 1 atom stereocenters. The second-order valence-corrected chi connectivity index (χ2v) is 5.33. The van der Waals surface area contributed by atoms with E-state index in [0.717, 1.165) is 24.6 Å². The highest BCUT2D eigenvalue weighted by molar-refractivity contribution is 5.53. The predicted octanol–water partition coefficient (Wildman–Crippen LogP) is 2.19. The highest BCUT2D eigenvalue weighted by Gasteiger charge is 2.19. The molecule has 1 aliphatic heterocycles. The summed E-state index contributed by atoms with van der Waals surface area (Å²) in [5.41, 5.74) is 6.59. The molecule has 18 heavy (non-hydrogen) atoms. The van der Waals surface area contributed by atoms with Gasteiger partial charge in [0.2, 0.25) is 0 Å². The third-order valence-electron chi connectivity index (χ3n) is 3.79. The summed E-state index contributed by atoms with van der Waals surface area (Å²) in [6, 6.07) is 5.01. The zero-order valence-corrected chi connectivity index (χ0v) is 11.2. The monoisotopic (exact) mass is 251 g/mol. The molecular weight excluding hydrogens is 229 g/mol. The van der Waals surface area contributed by atoms with Gasteiger partial charge < -0.3 is 15.5 Å². The van der Waals surface area contributed by atoms with Crippen LogP contribution in [0.2, 0.25) is 0 Å². The van der Waals surface area contributed by atoms with Crippen LogP contribution in [0.3, 0.4) is 0 Å². The van der Waals surface area contributed by atoms with E-state index in [0.29, 0.717) is 0 Å². The van der Waals surface area contributed by atoms with E-state index >= 15 is 0 Å². The number of anilines is 2. The molecule has 4 heteroatoms. The number of nitrogens with two attached hydrogens (primary N) is 1. The van der Waals surface area contributed by atoms with Gasteiger partial charge in [-0.15, -0.1) is 0 Å². The summed E-state index contributed by atoms with van der Waals surface area (Å²) >= 11 is 0. The maximum absolute atomic E-state index is 13.4. The van der Waals surface area contributed by atoms with E-state index in [4.69, 9.17) is 5.73 Å². The second kappa shape index (κ2) is 5.57. The van der Waals surface area contributed by atoms with Crippen molar-refractivity contribution in [3.05, 3.63) is 24.0 Å². The summed E-state index contributed by atoms with van der Waals surface area (Å²) in [4.78, 5) is 4.47. The minimum absolute atomic E-state index is 0.213. The van der Waals surface area contributed by atoms with E-state index in [-0.39, 0.29) is 11.5 Å². The molecule has 2 rings (SSSR count). The highest BCUT2D eigenvalue weighted by Crippen LogP contribution is 2.22. The van der Waals surface area contributed by atoms with Crippen molar-refractivity contribution in [2.45, 2.75) is 12.8 Å². The van der Waals surface area contributed by atoms with Crippen molar-refractivity contribution in [1.29, 1.82) is 0 Å². The van der Waals surface area contributed by atoms with Gasteiger partial charge in [0, 0.05) is 25.8 Å². The lowest BCUT2D eigenvalue weighted by atomic mass is 10.0. The maximum atomic E-state index is 13.4. The third-order valence-corrected chi connectivity index (χ3v) is 3.79. The number of hydrogen-bond acceptors (Lipinski definition) is 3. The summed E-state index contributed by atoms with van der Waals surface area (Å²) in [6.07, 6.45) is 2.44. The second-order valence-electron chi connectivity index (χ2n) is 5.33. The Morgan fingerprint density at radius 1 is 1.50 bits per heavy atom. The van der Waals surface area contributed by atoms with E-state index in [1.165, 1.54) is 25.6 Å². The Hall–Kier alpha value is -1.29. The van der Waals surface area contributed by atoms with Gasteiger partial charge in [-0.05, 0) is 50.6 Å². The molecule has 1 aromatic rings. The van der Waals surface area contributed by atoms with Gasteiger partial charge in [-0.2, -0.15) is 0 Å². The van der Waals surface area contributed by atoms with Crippen molar-refractivity contribution < 1.29 is 4.39 Å². The molecule has 1 saturated heterocycles. The molecule has 1 aliphatic rings. The van der Waals surface area contributed by atoms with Crippen molar-refractivity contribution >= 4 is 11.4 Å². The van der Waals surface area contributed by atoms with Crippen molar-refractivity contribution in [3.63, 3.8) is 0 Å². The summed E-state index contributed by atoms with van der Waals surface area (Å²) in [5.74, 6) is 0.441. The average Bonchev–Trinajstić information content (AvgIpc) is 2.75. The molecule has 0 spiro atoms. The molecule has 0 amide bonds. The molecule has 0 radical (unpaired) electrons. The van der Waals surface area contributed by atoms with Crippen molar-refractivity contribution in [2.24, 2.45) is 5.92 Å². The lowest BCUT2D eigenvalue weighted by Gasteiger charge is -2.21. The number of rotatable bonds is 4. The van der Waals surface area contributed by atoms with Crippen LogP contribution in [0.25, 0.3) is 0 Å². The van der Waals surface area contributed by atoms with Crippen LogP contribution in [0.5, 0.6) is 0 Å². The number of halogens is 1. The normalized spacial score (nSPS) is 20.3. The van der Waals surface area contributed by atoms with Crippen LogP contribution in [0, 0.1) is 11.7 Å². The van der Waals surface area contributed by atoms with Crippen LogP contribution < -0.4 is 10.6 Å². The van der Waals surface area contributed by atoms with Crippen LogP contribution >= 0.6 is 0 Å². The Kier molecular flexibility index (Phi) is 4.07. The third kappa shape index (κ3) is 3.13. The van der Waals surface area contributed by atoms with Gasteiger partial charge in [0.25, 0.3) is 0 Å². The van der Waals surface area contributed by atoms with Crippen LogP contribution in [-0.2, 0) is 0 Å². The van der Waals surface area contributed by atoms with Crippen LogP contribution in [-0.4, -0.2) is 38.6 Å². The Bertz CT molecular complexity index is 408. The zero-order valence-electron chi connectivity index (χ0n) is 11.2. The summed E-state index contributed by atoms with van der Waals surface area (Å²) in [5, 5.41) is 0. The summed E-state index contributed by atoms with van der Waals surface area (Å²) < 4.78 is 13.4. The first-order valence-electron chi connectivity index (χ1n) is 6.51. The molecular formula is C14H22FN3. The standard InChI is InChI=1S/C14H22FN3/c1-17-7-5-11(10-17)6-8-18(2)12-3-4-14(16)13(15)9-12/h3-4,9,11H,5-8,10,16H2,1-2H3. The molecule has 1 aromatic carbocycles. The molecule has 2 N–H and O–H groups in total. The van der Waals surface area contributed by atoms with Crippen LogP contribution in [0.4, 0.5) is 15.8 Å². The van der Waals surface area contributed by atoms with Gasteiger partial charge in [0.05, 0.1) is 5.69 Å². The largest absolute Gasteiger partial charge is 0.396 e. The fourth-order valence-corrected chi connectivity index (χ4v) is 2.52. The Balaban J connectivity index is 1.87. The fourth-order valence-electron chi connectivity index (χ4n) is 2.52. The van der Waals surface area contributed by atoms with Crippen molar-refractivity contribution in [2.75, 3.05) is 44.4 Å². The van der Waals surface area contributed by atoms with Gasteiger partial charge in [0.15, 0.2) is 0 Å². The first kappa shape index (κ1) is 13.1. The molecule has 1 fully saturated rings. The minimum atomic E-state index is -0.333. The average molecular weight is 251 g/mol. The predicted molar refractivity (Wildman–Crippen MR) is 74.3 cm³/mol. The highest BCUT2D eigenvalue weighted by atomic mass is 19.1. The SMILES string of the molecule is CN1CCC(CCN(C)c2ccc(N)c(F)c2)C1. The molecule has 0 saturated carbocycles. The van der Waals surface area contributed by atoms with E-state index in [1.807, 2.05) is 13.1 Å². The molecule has 1 heterocycles. The van der Waals surface area contributed by atoms with E-state index in [1.54, 1.807) is 6.07 Å². The lowest BCUT2D eigenvalue weighted by Crippen LogP contribution is -2.22. The smallest absolute Gasteiger partial charge is 0.148 e. The number of nitrogens with zero attached hydrogens (tertiary/aromatic N) is 2. The number of nitrogen functional groups attached to an aromatic ring is 1. The van der Waals surface area contributed by atoms with Gasteiger partial charge in [-0.1, -0.05) is 0 Å². The first-order valence-corrected chi connectivity index (χ1v) is 6.51. The molecule has 0 aliphatic carbocycles. The molecule has 3 nitrogen and oxygen atoms in total. The first-order chi connectivity index (χ1) is 8.56. The zero-order chi connectivity index (χ0) is 13.1. The van der Waals surface area contributed by atoms with Crippen LogP contribution in [0.15, 0.2) is 18.2 Å². The van der Waals surface area contributed by atoms with Crippen molar-refractivity contribution in [3.8, 4) is 0 Å². The van der Waals surface area contributed by atoms with Crippen LogP contribution in [0.1, 0.15) is 12.8 Å². The topological polar surface area (TPSA) is 32.5 Å². The number of benzene rings is 1. The molecule has 1 unspecified atom stereocenters. The number of likely N-dealkylation sites (tertiary alicyclic amines) is 1. The molecule has 100 valence electrons. The number of hydrogen-bond donors (Lipinski definition) is 1. The summed E-state index contributed by atoms with van der Waals surface area (Å²) in [6.45, 7) is 3.34. The van der Waals surface area contributed by atoms with Gasteiger partial charge in [-0.3, -0.25) is 0 Å². The lowest BCUT2D eigenvalue weighted by molar-refractivity contribution is 0.389. The van der Waals surface area contributed by atoms with Crippen molar-refractivity contribution in [1.82, 2.24) is 4.90 Å². The Morgan fingerprint density at radius 3 is 2.89 bits per heavy atom. The minimum Gasteiger partial charge on any atom is -0.396 e. The Labute approximate surface area is 108 Å². The summed E-state index contributed by atoms with van der Waals surface area (Å²) in [7, 11) is 4.17. The van der Waals surface area contributed by atoms with E-state index in [2.05, 4.69) is 16.8 Å². The van der Waals surface area contributed by atoms with E-state index < -0.39 is 0 Å². The van der Waals surface area contributed by atoms with E-state index in [9.17, 15) is 4.39 Å². The maximum Gasteiger partial charge on any atom is 0.148 e.